The van der Waals surface area contributed by atoms with Crippen molar-refractivity contribution in [3.63, 3.8) is 0 Å². The Hall–Kier alpha value is -7.23. The third kappa shape index (κ3) is 15.2. The predicted octanol–water partition coefficient (Wildman–Crippen LogP) is 19.2. The number of hydrogen-bond acceptors (Lipinski definition) is 11. The molecule has 0 spiro atoms. The van der Waals surface area contributed by atoms with Crippen LogP contribution in [0.25, 0.3) is 42.0 Å². The molecule has 0 amide bonds. The van der Waals surface area contributed by atoms with E-state index in [0.29, 0.717) is 22.7 Å². The van der Waals surface area contributed by atoms with E-state index in [0.717, 1.165) is 68.5 Å². The summed E-state index contributed by atoms with van der Waals surface area (Å²) in [5.41, 5.74) is 6.71. The Labute approximate surface area is 488 Å². The number of rotatable bonds is 9. The number of hydrogen-bond donors (Lipinski definition) is 4. The van der Waals surface area contributed by atoms with Gasteiger partial charge in [-0.3, -0.25) is 4.57 Å². The third-order valence-corrected chi connectivity index (χ3v) is 15.6. The number of aromatic hydroxyl groups is 4. The van der Waals surface area contributed by atoms with Crippen LogP contribution in [0, 0.1) is 10.8 Å². The summed E-state index contributed by atoms with van der Waals surface area (Å²) in [4.78, 5) is 6.38. The molecule has 0 aliphatic carbocycles. The van der Waals surface area contributed by atoms with Gasteiger partial charge in [0.1, 0.15) is 51.3 Å². The van der Waals surface area contributed by atoms with Crippen LogP contribution >= 0.6 is 22.7 Å². The molecule has 0 unspecified atom stereocenters. The fraction of sp³-hybridized carbons (Fsp3) is 0.303. The largest absolute Gasteiger partial charge is 0.506 e. The molecule has 0 saturated heterocycles. The quantitative estimate of drug-likeness (QED) is 0.0840. The molecular weight excluding hydrogens is 1080 g/mol. The van der Waals surface area contributed by atoms with Gasteiger partial charge in [-0.05, 0) is 128 Å². The first-order valence-electron chi connectivity index (χ1n) is 26.8. The molecule has 0 saturated carbocycles. The van der Waals surface area contributed by atoms with E-state index >= 15 is 0 Å². The van der Waals surface area contributed by atoms with Gasteiger partial charge in [-0.15, -0.1) is 20.5 Å². The summed E-state index contributed by atoms with van der Waals surface area (Å²) >= 11 is 3.60. The van der Waals surface area contributed by atoms with E-state index in [4.69, 9.17) is 4.99 Å². The van der Waals surface area contributed by atoms with Crippen LogP contribution in [-0.4, -0.2) is 25.0 Å². The number of aromatic nitrogens is 2. The number of benzene rings is 8. The molecule has 1 radical (unpaired) electrons. The maximum Gasteiger partial charge on any atom is 0.386 e. The first-order chi connectivity index (χ1) is 37.3. The normalized spacial score (nSPS) is 12.5. The van der Waals surface area contributed by atoms with Gasteiger partial charge in [0.25, 0.3) is 0 Å². The smallest absolute Gasteiger partial charge is 0.386 e. The summed E-state index contributed by atoms with van der Waals surface area (Å²) in [5.74, 6) is 0.241. The first kappa shape index (κ1) is 60.4. The van der Waals surface area contributed by atoms with E-state index < -0.39 is 0 Å². The Kier molecular flexibility index (Phi) is 18.9. The minimum Gasteiger partial charge on any atom is -0.506 e. The first-order valence-corrected chi connectivity index (χ1v) is 28.4. The second-order valence-corrected chi connectivity index (χ2v) is 26.4. The third-order valence-electron chi connectivity index (χ3n) is 13.5. The number of phenolic OH excluding ortho intramolecular Hbond substituents is 4. The molecule has 80 heavy (non-hydrogen) atoms. The summed E-state index contributed by atoms with van der Waals surface area (Å²) in [7, 11) is 0. The van der Waals surface area contributed by atoms with Crippen molar-refractivity contribution < 1.29 is 41.8 Å². The molecule has 10 rings (SSSR count). The van der Waals surface area contributed by atoms with Crippen LogP contribution in [0.5, 0.6) is 23.0 Å². The maximum absolute atomic E-state index is 10.1. The van der Waals surface area contributed by atoms with Crippen LogP contribution in [-0.2, 0) is 40.7 Å². The standard InChI is InChI=1S/C26H34N3S2.2C20H20N2O2.Co/c1-25(2,3)15-17-28-19-11-7-9-13-21(19)30-23(28)27-24-29(18-16-26(4,5)6)20-12-8-10-14-22(20)31-24;2*1-20(2,3)14-9-11-17(23)16(12-14)21-22-19-15-7-5-4-6-13(15)8-10-18(19)24;/h7-14H,15-18H2,1-6H3;2*4-12,23-24H,1-3H3;/q+1;;;. The predicted molar refractivity (Wildman–Crippen MR) is 328 cm³/mol. The van der Waals surface area contributed by atoms with Crippen LogP contribution in [0.4, 0.5) is 27.9 Å². The van der Waals surface area contributed by atoms with Crippen LogP contribution < -0.4 is 9.37 Å². The number of phenols is 4. The monoisotopic (exact) mass is 1150 g/mol. The molecule has 2 heterocycles. The van der Waals surface area contributed by atoms with E-state index in [1.807, 2.05) is 84.9 Å². The Morgan fingerprint density at radius 3 is 1.41 bits per heavy atom. The van der Waals surface area contributed by atoms with Crippen LogP contribution in [0.15, 0.2) is 183 Å². The molecule has 0 atom stereocenters. The summed E-state index contributed by atoms with van der Waals surface area (Å²) in [5, 5.41) is 61.8. The van der Waals surface area contributed by atoms with Gasteiger partial charge in [0, 0.05) is 39.1 Å². The van der Waals surface area contributed by atoms with Crippen LogP contribution in [0.1, 0.15) is 107 Å². The zero-order valence-electron chi connectivity index (χ0n) is 47.9. The van der Waals surface area contributed by atoms with Gasteiger partial charge < -0.3 is 20.4 Å². The molecule has 10 aromatic rings. The fourth-order valence-corrected chi connectivity index (χ4v) is 10.8. The number of nitrogens with zero attached hydrogens (tertiary/aromatic N) is 7. The molecule has 0 fully saturated rings. The molecule has 14 heteroatoms. The van der Waals surface area contributed by atoms with E-state index in [1.165, 1.54) is 20.4 Å². The minimum absolute atomic E-state index is 0. The molecule has 417 valence electrons. The van der Waals surface area contributed by atoms with Crippen molar-refractivity contribution in [1.82, 2.24) is 4.57 Å². The molecule has 11 nitrogen and oxygen atoms in total. The molecule has 0 aliphatic heterocycles. The summed E-state index contributed by atoms with van der Waals surface area (Å²) in [6.45, 7) is 28.4. The van der Waals surface area contributed by atoms with Crippen molar-refractivity contribution in [1.29, 1.82) is 0 Å². The molecule has 0 aliphatic rings. The second-order valence-electron chi connectivity index (χ2n) is 24.4. The van der Waals surface area contributed by atoms with E-state index in [9.17, 15) is 20.4 Å². The zero-order chi connectivity index (χ0) is 56.9. The van der Waals surface area contributed by atoms with Crippen LogP contribution in [0.2, 0.25) is 0 Å². The number of azo groups is 2. The average molecular weight is 1150 g/mol. The molecule has 4 N–H and O–H groups in total. The van der Waals surface area contributed by atoms with Crippen molar-refractivity contribution in [2.24, 2.45) is 36.3 Å². The number of aryl methyl sites for hydroxylation is 2. The van der Waals surface area contributed by atoms with Gasteiger partial charge in [-0.25, -0.2) is 4.57 Å². The molecular formula is C66H74CoN7O4S2+. The minimum atomic E-state index is -0.0560. The number of fused-ring (bicyclic) bond motifs is 4. The molecule has 2 aromatic heterocycles. The topological polar surface area (TPSA) is 152 Å². The molecule has 8 aromatic carbocycles. The Bertz CT molecular complexity index is 3770. The fourth-order valence-electron chi connectivity index (χ4n) is 8.67. The zero-order valence-corrected chi connectivity index (χ0v) is 50.6. The van der Waals surface area contributed by atoms with E-state index in [-0.39, 0.29) is 61.4 Å². The van der Waals surface area contributed by atoms with Gasteiger partial charge in [-0.2, -0.15) is 0 Å². The van der Waals surface area contributed by atoms with Crippen molar-refractivity contribution in [3.8, 4) is 23.0 Å². The number of para-hydroxylation sites is 2. The summed E-state index contributed by atoms with van der Waals surface area (Å²) in [6.07, 6.45) is 2.24. The second kappa shape index (κ2) is 25.1. The van der Waals surface area contributed by atoms with Crippen molar-refractivity contribution in [3.05, 3.63) is 174 Å². The van der Waals surface area contributed by atoms with Gasteiger partial charge in [0.05, 0.1) is 21.5 Å². The van der Waals surface area contributed by atoms with Crippen molar-refractivity contribution in [2.75, 3.05) is 0 Å². The van der Waals surface area contributed by atoms with Gasteiger partial charge >= 0.3 is 9.93 Å². The van der Waals surface area contributed by atoms with Gasteiger partial charge in [-0.1, -0.05) is 191 Å². The Morgan fingerprint density at radius 1 is 0.463 bits per heavy atom. The molecule has 0 bridgehead atoms. The summed E-state index contributed by atoms with van der Waals surface area (Å²) < 4.78 is 7.45. The SMILES string of the molecule is CC(C)(C)CCn1c(=Nc2sc3ccccc3[n+]2CCC(C)(C)C)sc2ccccc21.CC(C)(C)c1ccc(O)c(N=Nc2c(O)ccc3ccccc23)c1.CC(C)(C)c1ccc(O)c(N=Nc2c(O)ccc3ccccc23)c1.[Co]. The summed E-state index contributed by atoms with van der Waals surface area (Å²) in [6, 6.07) is 50.2. The van der Waals surface area contributed by atoms with Crippen LogP contribution in [0.3, 0.4) is 0 Å². The van der Waals surface area contributed by atoms with Crippen molar-refractivity contribution in [2.45, 2.75) is 120 Å². The average Bonchev–Trinajstić information content (AvgIpc) is 4.02. The van der Waals surface area contributed by atoms with Gasteiger partial charge in [0.15, 0.2) is 0 Å². The Balaban J connectivity index is 0.000000174. The maximum atomic E-state index is 10.1. The number of thiazole rings is 2. The van der Waals surface area contributed by atoms with Crippen molar-refractivity contribution >= 4 is 92.5 Å². The Morgan fingerprint density at radius 2 is 0.912 bits per heavy atom. The van der Waals surface area contributed by atoms with E-state index in [1.54, 1.807) is 46.9 Å². The van der Waals surface area contributed by atoms with Gasteiger partial charge in [0.2, 0.25) is 0 Å². The van der Waals surface area contributed by atoms with E-state index in [2.05, 4.69) is 161 Å².